The molecule has 17 heavy (non-hydrogen) atoms. The van der Waals surface area contributed by atoms with Gasteiger partial charge in [0.1, 0.15) is 6.04 Å². The number of nitrogens with zero attached hydrogens (tertiary/aromatic N) is 2. The fraction of sp³-hybridized carbons (Fsp3) is 0.846. The van der Waals surface area contributed by atoms with Gasteiger partial charge in [0.25, 0.3) is 5.91 Å². The third-order valence-corrected chi connectivity index (χ3v) is 4.64. The number of hydrogen-bond donors (Lipinski definition) is 0. The normalized spacial score (nSPS) is 32.7. The van der Waals surface area contributed by atoms with Gasteiger partial charge in [-0.2, -0.15) is 0 Å². The Bertz CT molecular complexity index is 374. The van der Waals surface area contributed by atoms with Crippen molar-refractivity contribution in [3.05, 3.63) is 0 Å². The Labute approximate surface area is 102 Å². The molecule has 3 rings (SSSR count). The molecule has 1 saturated carbocycles. The fourth-order valence-electron chi connectivity index (χ4n) is 3.41. The van der Waals surface area contributed by atoms with E-state index in [0.29, 0.717) is 0 Å². The Balaban J connectivity index is 1.92. The van der Waals surface area contributed by atoms with Gasteiger partial charge in [-0.05, 0) is 37.5 Å². The van der Waals surface area contributed by atoms with Crippen LogP contribution in [0.1, 0.15) is 46.0 Å². The Morgan fingerprint density at radius 1 is 1.18 bits per heavy atom. The first kappa shape index (κ1) is 11.1. The predicted molar refractivity (Wildman–Crippen MR) is 63.4 cm³/mol. The minimum atomic E-state index is -0.204. The topological polar surface area (TPSA) is 40.6 Å². The van der Waals surface area contributed by atoms with E-state index in [1.165, 1.54) is 0 Å². The molecule has 94 valence electrons. The second-order valence-electron chi connectivity index (χ2n) is 6.26. The first-order valence-electron chi connectivity index (χ1n) is 6.66. The molecule has 0 aromatic rings. The molecule has 2 heterocycles. The summed E-state index contributed by atoms with van der Waals surface area (Å²) in [4.78, 5) is 28.1. The average Bonchev–Trinajstić information content (AvgIpc) is 2.41. The number of rotatable bonds is 1. The van der Waals surface area contributed by atoms with Gasteiger partial charge in [0.15, 0.2) is 0 Å². The van der Waals surface area contributed by atoms with Crippen LogP contribution in [0.2, 0.25) is 0 Å². The van der Waals surface area contributed by atoms with Crippen molar-refractivity contribution in [1.29, 1.82) is 0 Å². The van der Waals surface area contributed by atoms with Crippen molar-refractivity contribution in [3.8, 4) is 0 Å². The van der Waals surface area contributed by atoms with Gasteiger partial charge >= 0.3 is 6.03 Å². The molecular formula is C13H20N2O2. The van der Waals surface area contributed by atoms with Crippen LogP contribution >= 0.6 is 0 Å². The highest BCUT2D eigenvalue weighted by molar-refractivity contribution is 6.05. The largest absolute Gasteiger partial charge is 0.327 e. The lowest BCUT2D eigenvalue weighted by Crippen LogP contribution is -2.50. The van der Waals surface area contributed by atoms with Gasteiger partial charge in [-0.15, -0.1) is 0 Å². The van der Waals surface area contributed by atoms with Crippen molar-refractivity contribution in [1.82, 2.24) is 9.80 Å². The number of piperidine rings is 1. The number of carbonyl (C=O) groups excluding carboxylic acids is 2. The van der Waals surface area contributed by atoms with Gasteiger partial charge in [0.2, 0.25) is 0 Å². The molecule has 0 spiro atoms. The van der Waals surface area contributed by atoms with Crippen LogP contribution in [0.5, 0.6) is 0 Å². The van der Waals surface area contributed by atoms with E-state index in [9.17, 15) is 9.59 Å². The Morgan fingerprint density at radius 3 is 2.41 bits per heavy atom. The monoisotopic (exact) mass is 236 g/mol. The van der Waals surface area contributed by atoms with Crippen LogP contribution in [0.4, 0.5) is 4.79 Å². The van der Waals surface area contributed by atoms with Crippen LogP contribution < -0.4 is 0 Å². The van der Waals surface area contributed by atoms with Gasteiger partial charge in [0.05, 0.1) is 0 Å². The van der Waals surface area contributed by atoms with Crippen LogP contribution in [0, 0.1) is 5.41 Å². The number of fused-ring (bicyclic) bond motifs is 1. The summed E-state index contributed by atoms with van der Waals surface area (Å²) < 4.78 is 0. The molecule has 1 atom stereocenters. The lowest BCUT2D eigenvalue weighted by molar-refractivity contribution is -0.134. The predicted octanol–water partition coefficient (Wildman–Crippen LogP) is 1.99. The fourth-order valence-corrected chi connectivity index (χ4v) is 3.41. The zero-order valence-electron chi connectivity index (χ0n) is 10.6. The van der Waals surface area contributed by atoms with E-state index in [2.05, 4.69) is 13.8 Å². The van der Waals surface area contributed by atoms with Gasteiger partial charge in [-0.25, -0.2) is 4.79 Å². The summed E-state index contributed by atoms with van der Waals surface area (Å²) in [6.45, 7) is 4.97. The molecule has 3 aliphatic rings. The lowest BCUT2D eigenvalue weighted by Gasteiger charge is -2.39. The highest BCUT2D eigenvalue weighted by Crippen LogP contribution is 2.42. The molecule has 4 nitrogen and oxygen atoms in total. The molecule has 1 unspecified atom stereocenters. The molecule has 0 aromatic carbocycles. The van der Waals surface area contributed by atoms with E-state index in [-0.39, 0.29) is 29.4 Å². The second-order valence-corrected chi connectivity index (χ2v) is 6.26. The number of carbonyl (C=O) groups is 2. The summed E-state index contributed by atoms with van der Waals surface area (Å²) in [6.07, 6.45) is 5.19. The zero-order chi connectivity index (χ0) is 12.2. The first-order chi connectivity index (χ1) is 8.02. The van der Waals surface area contributed by atoms with Crippen molar-refractivity contribution in [3.63, 3.8) is 0 Å². The van der Waals surface area contributed by atoms with Gasteiger partial charge in [-0.3, -0.25) is 9.69 Å². The molecule has 0 N–H and O–H groups in total. The maximum atomic E-state index is 12.5. The number of urea groups is 1. The molecule has 0 aromatic heterocycles. The Hall–Kier alpha value is -1.06. The van der Waals surface area contributed by atoms with Gasteiger partial charge < -0.3 is 4.90 Å². The third-order valence-electron chi connectivity index (χ3n) is 4.64. The maximum Gasteiger partial charge on any atom is 0.327 e. The SMILES string of the molecule is CC1(C)CCCN2C(=O)N(C3CCC3)C(=O)C21. The summed E-state index contributed by atoms with van der Waals surface area (Å²) >= 11 is 0. The Morgan fingerprint density at radius 2 is 1.88 bits per heavy atom. The summed E-state index contributed by atoms with van der Waals surface area (Å²) in [6, 6.07) is -0.0433. The lowest BCUT2D eigenvalue weighted by atomic mass is 9.76. The standard InChI is InChI=1S/C13H20N2O2/c1-13(2)7-4-8-14-10(13)11(16)15(12(14)17)9-5-3-6-9/h9-10H,3-8H2,1-2H3. The third kappa shape index (κ3) is 1.42. The number of amides is 3. The minimum absolute atomic E-state index is 0.0301. The van der Waals surface area contributed by atoms with E-state index >= 15 is 0 Å². The number of hydrogen-bond acceptors (Lipinski definition) is 2. The molecular weight excluding hydrogens is 216 g/mol. The minimum Gasteiger partial charge on any atom is -0.312 e. The van der Waals surface area contributed by atoms with Crippen LogP contribution in [0.15, 0.2) is 0 Å². The van der Waals surface area contributed by atoms with Crippen LogP contribution in [0.25, 0.3) is 0 Å². The van der Waals surface area contributed by atoms with Gasteiger partial charge in [-0.1, -0.05) is 13.8 Å². The van der Waals surface area contributed by atoms with Crippen LogP contribution in [0.3, 0.4) is 0 Å². The van der Waals surface area contributed by atoms with Crippen molar-refractivity contribution in [2.75, 3.05) is 6.54 Å². The van der Waals surface area contributed by atoms with Crippen molar-refractivity contribution in [2.24, 2.45) is 5.41 Å². The molecule has 2 aliphatic heterocycles. The van der Waals surface area contributed by atoms with Crippen molar-refractivity contribution < 1.29 is 9.59 Å². The van der Waals surface area contributed by atoms with Gasteiger partial charge in [0, 0.05) is 12.6 Å². The number of imide groups is 1. The summed E-state index contributed by atoms with van der Waals surface area (Å²) in [5.74, 6) is 0.0596. The van der Waals surface area contributed by atoms with Crippen molar-refractivity contribution >= 4 is 11.9 Å². The van der Waals surface area contributed by atoms with E-state index in [0.717, 1.165) is 38.6 Å². The second kappa shape index (κ2) is 3.47. The Kier molecular flexibility index (Phi) is 2.25. The summed E-state index contributed by atoms with van der Waals surface area (Å²) in [7, 11) is 0. The van der Waals surface area contributed by atoms with Crippen LogP contribution in [-0.4, -0.2) is 40.4 Å². The van der Waals surface area contributed by atoms with E-state index in [1.54, 1.807) is 4.90 Å². The van der Waals surface area contributed by atoms with Crippen molar-refractivity contribution in [2.45, 2.75) is 58.0 Å². The van der Waals surface area contributed by atoms with E-state index in [4.69, 9.17) is 0 Å². The average molecular weight is 236 g/mol. The highest BCUT2D eigenvalue weighted by atomic mass is 16.2. The van der Waals surface area contributed by atoms with E-state index < -0.39 is 0 Å². The molecule has 0 radical (unpaired) electrons. The first-order valence-corrected chi connectivity index (χ1v) is 6.66. The summed E-state index contributed by atoms with van der Waals surface area (Å²) in [5.41, 5.74) is -0.0660. The molecule has 0 bridgehead atoms. The summed E-state index contributed by atoms with van der Waals surface area (Å²) in [5, 5.41) is 0. The smallest absolute Gasteiger partial charge is 0.312 e. The van der Waals surface area contributed by atoms with E-state index in [1.807, 2.05) is 4.90 Å². The maximum absolute atomic E-state index is 12.5. The molecule has 1 aliphatic carbocycles. The highest BCUT2D eigenvalue weighted by Gasteiger charge is 2.55. The molecule has 2 saturated heterocycles. The zero-order valence-corrected chi connectivity index (χ0v) is 10.6. The molecule has 4 heteroatoms. The molecule has 3 amide bonds. The van der Waals surface area contributed by atoms with Crippen LogP contribution in [-0.2, 0) is 4.79 Å². The molecule has 3 fully saturated rings. The quantitative estimate of drug-likeness (QED) is 0.653.